The predicted octanol–water partition coefficient (Wildman–Crippen LogP) is 0.564. The molecule has 0 spiro atoms. The number of amides is 1. The van der Waals surface area contributed by atoms with Gasteiger partial charge in [-0.2, -0.15) is 5.10 Å². The zero-order chi connectivity index (χ0) is 14.9. The lowest BCUT2D eigenvalue weighted by atomic mass is 10.1. The molecule has 110 valence electrons. The standard InChI is InChI=1S/C13H19N3O4/c1-13(2,3)16-7-9(6-14-16)11(17)15-4-5-20-8-10(15)12(18)19/h6-7,10H,4-5,8H2,1-3H3,(H,18,19). The molecule has 1 aromatic heterocycles. The van der Waals surface area contributed by atoms with Gasteiger partial charge in [-0.25, -0.2) is 4.79 Å². The first kappa shape index (κ1) is 14.5. The van der Waals surface area contributed by atoms with Crippen molar-refractivity contribution in [2.75, 3.05) is 19.8 Å². The normalized spacial score (nSPS) is 19.9. The Morgan fingerprint density at radius 2 is 2.15 bits per heavy atom. The molecule has 1 N–H and O–H groups in total. The number of nitrogens with zero attached hydrogens (tertiary/aromatic N) is 3. The van der Waals surface area contributed by atoms with Gasteiger partial charge in [0.25, 0.3) is 5.91 Å². The van der Waals surface area contributed by atoms with Gasteiger partial charge in [0.15, 0.2) is 6.04 Å². The molecule has 1 unspecified atom stereocenters. The molecule has 2 rings (SSSR count). The van der Waals surface area contributed by atoms with Crippen molar-refractivity contribution in [2.24, 2.45) is 0 Å². The molecule has 7 nitrogen and oxygen atoms in total. The Bertz CT molecular complexity index is 518. The van der Waals surface area contributed by atoms with Crippen LogP contribution in [0.5, 0.6) is 0 Å². The van der Waals surface area contributed by atoms with Gasteiger partial charge in [0.05, 0.1) is 30.5 Å². The summed E-state index contributed by atoms with van der Waals surface area (Å²) in [5.41, 5.74) is 0.170. The second-order valence-electron chi connectivity index (χ2n) is 5.77. The lowest BCUT2D eigenvalue weighted by Gasteiger charge is -2.32. The fourth-order valence-electron chi connectivity index (χ4n) is 2.02. The van der Waals surface area contributed by atoms with Gasteiger partial charge in [0.1, 0.15) is 0 Å². The third-order valence-corrected chi connectivity index (χ3v) is 3.19. The SMILES string of the molecule is CC(C)(C)n1cc(C(=O)N2CCOCC2C(=O)O)cn1. The highest BCUT2D eigenvalue weighted by Crippen LogP contribution is 2.16. The molecule has 1 saturated heterocycles. The summed E-state index contributed by atoms with van der Waals surface area (Å²) in [5, 5.41) is 13.3. The molecule has 1 aliphatic heterocycles. The van der Waals surface area contributed by atoms with E-state index in [2.05, 4.69) is 5.10 Å². The smallest absolute Gasteiger partial charge is 0.328 e. The first-order valence-corrected chi connectivity index (χ1v) is 6.47. The minimum atomic E-state index is -1.05. The maximum Gasteiger partial charge on any atom is 0.328 e. The van der Waals surface area contributed by atoms with Crippen LogP contribution in [0, 0.1) is 0 Å². The number of aromatic nitrogens is 2. The number of carbonyl (C=O) groups excluding carboxylic acids is 1. The third-order valence-electron chi connectivity index (χ3n) is 3.19. The third kappa shape index (κ3) is 2.82. The molecule has 1 atom stereocenters. The number of rotatable bonds is 2. The predicted molar refractivity (Wildman–Crippen MR) is 70.5 cm³/mol. The zero-order valence-corrected chi connectivity index (χ0v) is 11.9. The topological polar surface area (TPSA) is 84.7 Å². The fraction of sp³-hybridized carbons (Fsp3) is 0.615. The molecule has 0 bridgehead atoms. The molecule has 1 aliphatic rings. The molecule has 2 heterocycles. The summed E-state index contributed by atoms with van der Waals surface area (Å²) < 4.78 is 6.81. The summed E-state index contributed by atoms with van der Waals surface area (Å²) in [6.45, 7) is 6.57. The molecule has 1 fully saturated rings. The molecule has 0 aliphatic carbocycles. The summed E-state index contributed by atoms with van der Waals surface area (Å²) in [7, 11) is 0. The van der Waals surface area contributed by atoms with Crippen LogP contribution >= 0.6 is 0 Å². The van der Waals surface area contributed by atoms with Gasteiger partial charge >= 0.3 is 5.97 Å². The summed E-state index contributed by atoms with van der Waals surface area (Å²) in [4.78, 5) is 24.9. The van der Waals surface area contributed by atoms with E-state index in [9.17, 15) is 9.59 Å². The number of carboxylic acid groups (broad SMARTS) is 1. The lowest BCUT2D eigenvalue weighted by molar-refractivity contribution is -0.147. The highest BCUT2D eigenvalue weighted by Gasteiger charge is 2.34. The number of carbonyl (C=O) groups is 2. The van der Waals surface area contributed by atoms with Gasteiger partial charge in [-0.1, -0.05) is 0 Å². The van der Waals surface area contributed by atoms with Crippen molar-refractivity contribution in [3.63, 3.8) is 0 Å². The van der Waals surface area contributed by atoms with Gasteiger partial charge < -0.3 is 14.7 Å². The van der Waals surface area contributed by atoms with Crippen molar-refractivity contribution >= 4 is 11.9 Å². The van der Waals surface area contributed by atoms with Crippen molar-refractivity contribution in [1.82, 2.24) is 14.7 Å². The highest BCUT2D eigenvalue weighted by molar-refractivity contribution is 5.96. The molecule has 0 aromatic carbocycles. The van der Waals surface area contributed by atoms with Gasteiger partial charge in [-0.3, -0.25) is 9.48 Å². The molecule has 0 saturated carbocycles. The maximum atomic E-state index is 12.4. The number of ether oxygens (including phenoxy) is 1. The number of aliphatic carboxylic acids is 1. The van der Waals surface area contributed by atoms with Crippen LogP contribution < -0.4 is 0 Å². The number of hydrogen-bond acceptors (Lipinski definition) is 4. The number of morpholine rings is 1. The van der Waals surface area contributed by atoms with Crippen LogP contribution in [0.2, 0.25) is 0 Å². The summed E-state index contributed by atoms with van der Waals surface area (Å²) in [5.74, 6) is -1.38. The van der Waals surface area contributed by atoms with E-state index >= 15 is 0 Å². The number of hydrogen-bond donors (Lipinski definition) is 1. The largest absolute Gasteiger partial charge is 0.480 e. The molecule has 7 heteroatoms. The molecule has 0 radical (unpaired) electrons. The Kier molecular flexibility index (Phi) is 3.80. The van der Waals surface area contributed by atoms with E-state index < -0.39 is 12.0 Å². The molecule has 1 amide bonds. The Morgan fingerprint density at radius 1 is 1.45 bits per heavy atom. The average Bonchev–Trinajstić information content (AvgIpc) is 2.87. The van der Waals surface area contributed by atoms with Gasteiger partial charge in [-0.05, 0) is 20.8 Å². The minimum absolute atomic E-state index is 0.0223. The van der Waals surface area contributed by atoms with Crippen molar-refractivity contribution in [2.45, 2.75) is 32.4 Å². The molecule has 1 aromatic rings. The first-order valence-electron chi connectivity index (χ1n) is 6.47. The van der Waals surface area contributed by atoms with E-state index in [0.29, 0.717) is 12.2 Å². The fourth-order valence-corrected chi connectivity index (χ4v) is 2.02. The van der Waals surface area contributed by atoms with E-state index in [1.807, 2.05) is 20.8 Å². The van der Waals surface area contributed by atoms with Gasteiger partial charge in [0.2, 0.25) is 0 Å². The van der Waals surface area contributed by atoms with Gasteiger partial charge in [-0.15, -0.1) is 0 Å². The minimum Gasteiger partial charge on any atom is -0.480 e. The lowest BCUT2D eigenvalue weighted by Crippen LogP contribution is -2.52. The van der Waals surface area contributed by atoms with Crippen molar-refractivity contribution in [3.05, 3.63) is 18.0 Å². The van der Waals surface area contributed by atoms with E-state index in [4.69, 9.17) is 9.84 Å². The summed E-state index contributed by atoms with van der Waals surface area (Å²) in [6, 6.07) is -0.936. The average molecular weight is 281 g/mol. The van der Waals surface area contributed by atoms with Crippen molar-refractivity contribution < 1.29 is 19.4 Å². The van der Waals surface area contributed by atoms with Crippen LogP contribution in [0.15, 0.2) is 12.4 Å². The second-order valence-corrected chi connectivity index (χ2v) is 5.77. The first-order chi connectivity index (χ1) is 9.30. The van der Waals surface area contributed by atoms with Crippen molar-refractivity contribution in [1.29, 1.82) is 0 Å². The summed E-state index contributed by atoms with van der Waals surface area (Å²) in [6.07, 6.45) is 3.12. The quantitative estimate of drug-likeness (QED) is 0.856. The highest BCUT2D eigenvalue weighted by atomic mass is 16.5. The van der Waals surface area contributed by atoms with Crippen LogP contribution in [0.3, 0.4) is 0 Å². The zero-order valence-electron chi connectivity index (χ0n) is 11.9. The van der Waals surface area contributed by atoms with Gasteiger partial charge in [0, 0.05) is 12.7 Å². The Labute approximate surface area is 117 Å². The molecule has 20 heavy (non-hydrogen) atoms. The van der Waals surface area contributed by atoms with Crippen LogP contribution in [0.4, 0.5) is 0 Å². The Hall–Kier alpha value is -1.89. The van der Waals surface area contributed by atoms with Crippen LogP contribution in [-0.4, -0.2) is 57.5 Å². The van der Waals surface area contributed by atoms with Crippen LogP contribution in [0.1, 0.15) is 31.1 Å². The van der Waals surface area contributed by atoms with E-state index in [1.165, 1.54) is 11.1 Å². The van der Waals surface area contributed by atoms with Crippen LogP contribution in [-0.2, 0) is 15.1 Å². The number of carboxylic acids is 1. The van der Waals surface area contributed by atoms with E-state index in [0.717, 1.165) is 0 Å². The monoisotopic (exact) mass is 281 g/mol. The van der Waals surface area contributed by atoms with Crippen molar-refractivity contribution in [3.8, 4) is 0 Å². The second kappa shape index (κ2) is 5.24. The molecular weight excluding hydrogens is 262 g/mol. The summed E-state index contributed by atoms with van der Waals surface area (Å²) >= 11 is 0. The Balaban J connectivity index is 2.21. The van der Waals surface area contributed by atoms with Crippen LogP contribution in [0.25, 0.3) is 0 Å². The maximum absolute atomic E-state index is 12.4. The Morgan fingerprint density at radius 3 is 2.70 bits per heavy atom. The van der Waals surface area contributed by atoms with E-state index in [-0.39, 0.29) is 24.6 Å². The van der Waals surface area contributed by atoms with E-state index in [1.54, 1.807) is 10.9 Å². The molecular formula is C13H19N3O4.